The molecule has 1 saturated carbocycles. The van der Waals surface area contributed by atoms with Crippen LogP contribution in [-0.2, 0) is 32.7 Å². The summed E-state index contributed by atoms with van der Waals surface area (Å²) in [5.74, 6) is -1.24. The summed E-state index contributed by atoms with van der Waals surface area (Å²) in [6, 6.07) is 0. The lowest BCUT2D eigenvalue weighted by Crippen LogP contribution is -2.64. The van der Waals surface area contributed by atoms with Crippen LogP contribution in [0.5, 0.6) is 0 Å². The van der Waals surface area contributed by atoms with E-state index in [4.69, 9.17) is 18.5 Å². The van der Waals surface area contributed by atoms with Crippen LogP contribution in [0.1, 0.15) is 149 Å². The van der Waals surface area contributed by atoms with Gasteiger partial charge in [-0.05, 0) is 64.2 Å². The molecular formula is C47H79O14P. The molecule has 1 rings (SSSR count). The molecule has 14 nitrogen and oxygen atoms in total. The predicted octanol–water partition coefficient (Wildman–Crippen LogP) is 7.69. The lowest BCUT2D eigenvalue weighted by molar-refractivity contribution is -0.220. The fourth-order valence-electron chi connectivity index (χ4n) is 6.43. The predicted molar refractivity (Wildman–Crippen MR) is 241 cm³/mol. The molecular weight excluding hydrogens is 819 g/mol. The second-order valence-corrected chi connectivity index (χ2v) is 17.1. The van der Waals surface area contributed by atoms with Gasteiger partial charge in [-0.1, -0.05) is 145 Å². The van der Waals surface area contributed by atoms with Gasteiger partial charge in [0.25, 0.3) is 0 Å². The Kier molecular flexibility index (Phi) is 33.8. The average molecular weight is 899 g/mol. The van der Waals surface area contributed by atoms with Gasteiger partial charge in [0.15, 0.2) is 6.10 Å². The van der Waals surface area contributed by atoms with E-state index in [2.05, 4.69) is 50.3 Å². The molecule has 7 N–H and O–H groups in total. The topological polar surface area (TPSA) is 230 Å². The van der Waals surface area contributed by atoms with Gasteiger partial charge in [-0.2, -0.15) is 0 Å². The van der Waals surface area contributed by atoms with Crippen molar-refractivity contribution >= 4 is 19.8 Å². The van der Waals surface area contributed by atoms with E-state index in [0.717, 1.165) is 51.4 Å². The molecule has 1 aliphatic rings. The molecule has 9 atom stereocenters. The first-order valence-electron chi connectivity index (χ1n) is 22.8. The first-order valence-corrected chi connectivity index (χ1v) is 24.3. The number of rotatable bonds is 36. The minimum atomic E-state index is -5.16. The van der Waals surface area contributed by atoms with Gasteiger partial charge in [-0.25, -0.2) is 4.57 Å². The Morgan fingerprint density at radius 3 is 1.79 bits per heavy atom. The fourth-order valence-corrected chi connectivity index (χ4v) is 7.40. The van der Waals surface area contributed by atoms with Crippen molar-refractivity contribution in [1.29, 1.82) is 0 Å². The highest BCUT2D eigenvalue weighted by atomic mass is 31.2. The van der Waals surface area contributed by atoms with E-state index in [-0.39, 0.29) is 12.8 Å². The number of ether oxygens (including phenoxy) is 2. The third-order valence-electron chi connectivity index (χ3n) is 10.1. The van der Waals surface area contributed by atoms with Crippen LogP contribution in [0.3, 0.4) is 0 Å². The Morgan fingerprint density at radius 2 is 1.13 bits per heavy atom. The molecule has 0 amide bonds. The minimum absolute atomic E-state index is 0.0128. The monoisotopic (exact) mass is 899 g/mol. The van der Waals surface area contributed by atoms with Crippen LogP contribution in [0.2, 0.25) is 0 Å². The fraction of sp³-hybridized carbons (Fsp3) is 0.702. The maximum absolute atomic E-state index is 12.8. The van der Waals surface area contributed by atoms with Crippen molar-refractivity contribution in [2.45, 2.75) is 198 Å². The van der Waals surface area contributed by atoms with E-state index >= 15 is 0 Å². The van der Waals surface area contributed by atoms with Gasteiger partial charge in [-0.15, -0.1) is 0 Å². The highest BCUT2D eigenvalue weighted by molar-refractivity contribution is 7.47. The number of hydrogen-bond acceptors (Lipinski definition) is 13. The molecule has 0 saturated heterocycles. The number of esters is 2. The molecule has 1 aliphatic carbocycles. The second-order valence-electron chi connectivity index (χ2n) is 15.7. The van der Waals surface area contributed by atoms with Crippen molar-refractivity contribution in [2.75, 3.05) is 13.2 Å². The van der Waals surface area contributed by atoms with Gasteiger partial charge in [0, 0.05) is 12.8 Å². The first kappa shape index (κ1) is 57.3. The summed E-state index contributed by atoms with van der Waals surface area (Å²) in [7, 11) is -5.16. The number of phosphoric ester groups is 1. The number of carbonyl (C=O) groups is 2. The first-order chi connectivity index (χ1) is 29.8. The van der Waals surface area contributed by atoms with Crippen LogP contribution in [-0.4, -0.2) is 110 Å². The largest absolute Gasteiger partial charge is 0.472 e. The lowest BCUT2D eigenvalue weighted by Gasteiger charge is -2.41. The van der Waals surface area contributed by atoms with Crippen LogP contribution in [0.4, 0.5) is 0 Å². The lowest BCUT2D eigenvalue weighted by atomic mass is 9.85. The molecule has 62 heavy (non-hydrogen) atoms. The van der Waals surface area contributed by atoms with E-state index in [1.807, 2.05) is 30.4 Å². The van der Waals surface area contributed by atoms with Crippen molar-refractivity contribution in [2.24, 2.45) is 0 Å². The number of allylic oxidation sites excluding steroid dienone is 11. The smallest absolute Gasteiger partial charge is 0.462 e. The number of aliphatic hydroxyl groups is 6. The Labute approximate surface area is 370 Å². The molecule has 0 aromatic carbocycles. The third-order valence-corrected chi connectivity index (χ3v) is 11.1. The Bertz CT molecular complexity index is 1380. The highest BCUT2D eigenvalue weighted by Gasteiger charge is 2.51. The van der Waals surface area contributed by atoms with Crippen LogP contribution < -0.4 is 0 Å². The van der Waals surface area contributed by atoms with Gasteiger partial charge >= 0.3 is 19.8 Å². The van der Waals surface area contributed by atoms with Crippen LogP contribution in [0, 0.1) is 0 Å². The maximum atomic E-state index is 12.8. The standard InChI is InChI=1S/C47H79O14P/c1-3-5-7-9-11-12-13-14-15-16-17-18-19-20-22-26-30-34-40(49)58-36-39(37-59-62(56,57)61-47-45(54)43(52)42(51)44(53)46(47)55)60-41(50)35-31-27-23-25-29-33-38(48)32-28-24-21-10-8-6-4-2/h6,8,14-15,17-18,20-22,24,28,32,38-39,42-48,51-55H,3-5,7,9-13,16,19,23,25-27,29-31,33-37H2,1-2H3,(H,56,57)/b8-6+,15-14-,18-17-,22-20-,24-21+,32-28+/t38?,39-,42?,43-,44+,45-,46-,47?/m1/s1. The molecule has 15 heteroatoms. The van der Waals surface area contributed by atoms with E-state index < -0.39 is 81.8 Å². The molecule has 0 aromatic heterocycles. The Morgan fingerprint density at radius 1 is 0.597 bits per heavy atom. The summed E-state index contributed by atoms with van der Waals surface area (Å²) in [5, 5.41) is 60.3. The Hall–Kier alpha value is -2.75. The molecule has 0 aliphatic heterocycles. The van der Waals surface area contributed by atoms with Crippen LogP contribution >= 0.6 is 7.82 Å². The molecule has 356 valence electrons. The maximum Gasteiger partial charge on any atom is 0.472 e. The van der Waals surface area contributed by atoms with Gasteiger partial charge in [0.2, 0.25) is 0 Å². The summed E-state index contributed by atoms with van der Waals surface area (Å²) in [6.45, 7) is 3.02. The summed E-state index contributed by atoms with van der Waals surface area (Å²) in [5.41, 5.74) is 0. The number of hydrogen-bond donors (Lipinski definition) is 7. The molecule has 1 fully saturated rings. The molecule has 0 bridgehead atoms. The van der Waals surface area contributed by atoms with Crippen molar-refractivity contribution in [3.8, 4) is 0 Å². The van der Waals surface area contributed by atoms with Crippen molar-refractivity contribution in [3.05, 3.63) is 72.9 Å². The van der Waals surface area contributed by atoms with Gasteiger partial charge in [0.1, 0.15) is 43.2 Å². The van der Waals surface area contributed by atoms with Gasteiger partial charge in [-0.3, -0.25) is 18.6 Å². The Balaban J connectivity index is 2.55. The number of unbranched alkanes of at least 4 members (excludes halogenated alkanes) is 11. The van der Waals surface area contributed by atoms with E-state index in [0.29, 0.717) is 32.1 Å². The number of aliphatic hydroxyl groups excluding tert-OH is 6. The summed E-state index contributed by atoms with van der Waals surface area (Å²) in [4.78, 5) is 35.7. The summed E-state index contributed by atoms with van der Waals surface area (Å²) >= 11 is 0. The van der Waals surface area contributed by atoms with Crippen molar-refractivity contribution < 1.29 is 68.2 Å². The SMILES string of the molecule is CC/C=C/C/C=C/C=C/C(O)CCCCCCCC(=O)O[C@H](COC(=O)CCC/C=C\C/C=C\C/C=C\CCCCCCCC)COP(=O)(O)OC1[C@H](O)[C@H](O)C(O)[C@H](O)[C@H]1O. The average Bonchev–Trinajstić information content (AvgIpc) is 3.25. The molecule has 0 radical (unpaired) electrons. The zero-order valence-corrected chi connectivity index (χ0v) is 38.1. The molecule has 0 aromatic rings. The normalized spacial score (nSPS) is 23.0. The zero-order valence-electron chi connectivity index (χ0n) is 37.2. The quantitative estimate of drug-likeness (QED) is 0.0105. The van der Waals surface area contributed by atoms with E-state index in [1.54, 1.807) is 6.08 Å². The van der Waals surface area contributed by atoms with Gasteiger partial charge < -0.3 is 45.0 Å². The highest BCUT2D eigenvalue weighted by Crippen LogP contribution is 2.47. The van der Waals surface area contributed by atoms with E-state index in [9.17, 15) is 49.7 Å². The van der Waals surface area contributed by atoms with Gasteiger partial charge in [0.05, 0.1) is 12.7 Å². The van der Waals surface area contributed by atoms with Crippen LogP contribution in [0.25, 0.3) is 0 Å². The zero-order chi connectivity index (χ0) is 45.9. The van der Waals surface area contributed by atoms with Crippen LogP contribution in [0.15, 0.2) is 72.9 Å². The third kappa shape index (κ3) is 28.8. The molecule has 0 spiro atoms. The number of carbonyl (C=O) groups excluding carboxylic acids is 2. The molecule has 4 unspecified atom stereocenters. The van der Waals surface area contributed by atoms with Crippen molar-refractivity contribution in [1.82, 2.24) is 0 Å². The van der Waals surface area contributed by atoms with E-state index in [1.165, 1.54) is 38.5 Å². The number of phosphoric acid groups is 1. The molecule has 0 heterocycles. The minimum Gasteiger partial charge on any atom is -0.462 e. The summed E-state index contributed by atoms with van der Waals surface area (Å²) < 4.78 is 33.4. The van der Waals surface area contributed by atoms with Crippen molar-refractivity contribution in [3.63, 3.8) is 0 Å². The summed E-state index contributed by atoms with van der Waals surface area (Å²) in [6.07, 6.45) is 28.4. The second kappa shape index (κ2) is 36.6.